The second kappa shape index (κ2) is 6.34. The fraction of sp³-hybridized carbons (Fsp3) is 0.579. The Morgan fingerprint density at radius 2 is 2.17 bits per heavy atom. The van der Waals surface area contributed by atoms with Gasteiger partial charge < -0.3 is 9.88 Å². The smallest absolute Gasteiger partial charge is 0.220 e. The van der Waals surface area contributed by atoms with Crippen LogP contribution in [-0.4, -0.2) is 15.5 Å². The van der Waals surface area contributed by atoms with Crippen molar-refractivity contribution in [2.45, 2.75) is 52.5 Å². The minimum Gasteiger partial charge on any atom is -0.349 e. The van der Waals surface area contributed by atoms with E-state index in [4.69, 9.17) is 0 Å². The van der Waals surface area contributed by atoms with Gasteiger partial charge in [0.25, 0.3) is 0 Å². The van der Waals surface area contributed by atoms with Gasteiger partial charge in [0, 0.05) is 13.5 Å². The number of nitrogens with one attached hydrogen (secondary N) is 1. The zero-order chi connectivity index (χ0) is 16.4. The number of benzene rings is 1. The van der Waals surface area contributed by atoms with Crippen LogP contribution in [0.2, 0.25) is 0 Å². The summed E-state index contributed by atoms with van der Waals surface area (Å²) in [6.45, 7) is 5.13. The molecule has 23 heavy (non-hydrogen) atoms. The summed E-state index contributed by atoms with van der Waals surface area (Å²) >= 11 is 0. The van der Waals surface area contributed by atoms with Gasteiger partial charge in [0.1, 0.15) is 5.82 Å². The molecule has 1 aromatic heterocycles. The van der Waals surface area contributed by atoms with Crippen LogP contribution in [0.25, 0.3) is 11.0 Å². The van der Waals surface area contributed by atoms with Gasteiger partial charge in [0.15, 0.2) is 0 Å². The number of rotatable bonds is 4. The second-order valence-corrected chi connectivity index (χ2v) is 7.68. The molecule has 1 heterocycles. The van der Waals surface area contributed by atoms with Crippen molar-refractivity contribution in [2.24, 2.45) is 18.4 Å². The Kier molecular flexibility index (Phi) is 4.42. The number of aromatic nitrogens is 2. The van der Waals surface area contributed by atoms with Gasteiger partial charge in [0.2, 0.25) is 5.91 Å². The molecule has 1 amide bonds. The normalized spacial score (nSPS) is 20.6. The summed E-state index contributed by atoms with van der Waals surface area (Å²) in [5.41, 5.74) is 2.47. The lowest BCUT2D eigenvalue weighted by molar-refractivity contribution is -0.122. The first kappa shape index (κ1) is 16.0. The number of nitrogens with zero attached hydrogens (tertiary/aromatic N) is 2. The highest BCUT2D eigenvalue weighted by Crippen LogP contribution is 2.39. The summed E-state index contributed by atoms with van der Waals surface area (Å²) in [6, 6.07) is 8.06. The molecule has 2 aromatic rings. The van der Waals surface area contributed by atoms with Crippen molar-refractivity contribution in [3.8, 4) is 0 Å². The molecule has 0 saturated heterocycles. The second-order valence-electron chi connectivity index (χ2n) is 7.68. The van der Waals surface area contributed by atoms with Crippen LogP contribution in [0.4, 0.5) is 0 Å². The molecular weight excluding hydrogens is 286 g/mol. The maximum atomic E-state index is 12.3. The molecule has 1 atom stereocenters. The number of para-hydroxylation sites is 2. The highest BCUT2D eigenvalue weighted by molar-refractivity contribution is 5.77. The maximum absolute atomic E-state index is 12.3. The average molecular weight is 313 g/mol. The van der Waals surface area contributed by atoms with E-state index in [9.17, 15) is 4.79 Å². The summed E-state index contributed by atoms with van der Waals surface area (Å²) < 4.78 is 2.05. The number of hydrogen-bond acceptors (Lipinski definition) is 2. The van der Waals surface area contributed by atoms with Crippen molar-refractivity contribution < 1.29 is 4.79 Å². The topological polar surface area (TPSA) is 46.9 Å². The summed E-state index contributed by atoms with van der Waals surface area (Å²) in [7, 11) is 2.00. The summed E-state index contributed by atoms with van der Waals surface area (Å²) in [5.74, 6) is 1.59. The van der Waals surface area contributed by atoms with Crippen LogP contribution in [-0.2, 0) is 18.4 Å². The standard InChI is InChI=1S/C19H27N3O/c1-19(2)10-6-7-14(12-19)11-18(23)20-13-17-21-15-8-4-5-9-16(15)22(17)3/h4-5,8-9,14H,6-7,10-13H2,1-3H3,(H,20,23). The number of fused-ring (bicyclic) bond motifs is 1. The van der Waals surface area contributed by atoms with Crippen LogP contribution in [0.3, 0.4) is 0 Å². The minimum absolute atomic E-state index is 0.153. The number of aryl methyl sites for hydroxylation is 1. The van der Waals surface area contributed by atoms with E-state index in [1.54, 1.807) is 0 Å². The molecule has 0 bridgehead atoms. The SMILES string of the molecule is Cn1c(CNC(=O)CC2CCCC(C)(C)C2)nc2ccccc21. The lowest BCUT2D eigenvalue weighted by atomic mass is 9.71. The predicted molar refractivity (Wildman–Crippen MR) is 92.9 cm³/mol. The number of imidazole rings is 1. The summed E-state index contributed by atoms with van der Waals surface area (Å²) in [4.78, 5) is 16.9. The zero-order valence-electron chi connectivity index (χ0n) is 14.4. The van der Waals surface area contributed by atoms with Crippen molar-refractivity contribution in [3.63, 3.8) is 0 Å². The van der Waals surface area contributed by atoms with Crippen LogP contribution in [0.15, 0.2) is 24.3 Å². The molecule has 124 valence electrons. The van der Waals surface area contributed by atoms with Crippen molar-refractivity contribution in [3.05, 3.63) is 30.1 Å². The molecule has 1 fully saturated rings. The van der Waals surface area contributed by atoms with E-state index in [0.717, 1.165) is 23.3 Å². The van der Waals surface area contributed by atoms with Gasteiger partial charge in [-0.15, -0.1) is 0 Å². The van der Waals surface area contributed by atoms with E-state index in [1.807, 2.05) is 25.2 Å². The highest BCUT2D eigenvalue weighted by Gasteiger charge is 2.29. The Hall–Kier alpha value is -1.84. The number of carbonyl (C=O) groups excluding carboxylic acids is 1. The summed E-state index contributed by atoms with van der Waals surface area (Å²) in [5, 5.41) is 3.05. The molecule has 4 nitrogen and oxygen atoms in total. The molecule has 1 aromatic carbocycles. The average Bonchev–Trinajstić information content (AvgIpc) is 2.81. The fourth-order valence-electron chi connectivity index (χ4n) is 3.89. The fourth-order valence-corrected chi connectivity index (χ4v) is 3.89. The Morgan fingerprint density at radius 1 is 1.39 bits per heavy atom. The van der Waals surface area contributed by atoms with Crippen LogP contribution < -0.4 is 5.32 Å². The zero-order valence-corrected chi connectivity index (χ0v) is 14.4. The molecule has 0 spiro atoms. The lowest BCUT2D eigenvalue weighted by Crippen LogP contribution is -2.30. The largest absolute Gasteiger partial charge is 0.349 e. The molecule has 0 aliphatic heterocycles. The van der Waals surface area contributed by atoms with Crippen LogP contribution >= 0.6 is 0 Å². The number of hydrogen-bond donors (Lipinski definition) is 1. The maximum Gasteiger partial charge on any atom is 0.220 e. The molecule has 1 unspecified atom stereocenters. The van der Waals surface area contributed by atoms with Crippen molar-refractivity contribution >= 4 is 16.9 Å². The van der Waals surface area contributed by atoms with E-state index in [0.29, 0.717) is 24.3 Å². The van der Waals surface area contributed by atoms with Gasteiger partial charge in [0.05, 0.1) is 17.6 Å². The van der Waals surface area contributed by atoms with E-state index >= 15 is 0 Å². The van der Waals surface area contributed by atoms with Gasteiger partial charge in [-0.25, -0.2) is 4.98 Å². The van der Waals surface area contributed by atoms with Gasteiger partial charge in [-0.3, -0.25) is 4.79 Å². The Labute approximate surface area is 138 Å². The minimum atomic E-state index is 0.153. The molecule has 1 aliphatic rings. The Morgan fingerprint density at radius 3 is 2.91 bits per heavy atom. The van der Waals surface area contributed by atoms with Crippen LogP contribution in [0, 0.1) is 11.3 Å². The summed E-state index contributed by atoms with van der Waals surface area (Å²) in [6.07, 6.45) is 5.52. The molecule has 3 rings (SSSR count). The Balaban J connectivity index is 1.57. The van der Waals surface area contributed by atoms with Crippen LogP contribution in [0.1, 0.15) is 51.8 Å². The van der Waals surface area contributed by atoms with Crippen molar-refractivity contribution in [2.75, 3.05) is 0 Å². The van der Waals surface area contributed by atoms with Crippen molar-refractivity contribution in [1.29, 1.82) is 0 Å². The van der Waals surface area contributed by atoms with Gasteiger partial charge in [-0.1, -0.05) is 32.4 Å². The third kappa shape index (κ3) is 3.74. The van der Waals surface area contributed by atoms with Gasteiger partial charge in [-0.2, -0.15) is 0 Å². The van der Waals surface area contributed by atoms with E-state index in [1.165, 1.54) is 19.3 Å². The number of carbonyl (C=O) groups is 1. The molecule has 4 heteroatoms. The third-order valence-electron chi connectivity index (χ3n) is 5.10. The van der Waals surface area contributed by atoms with Crippen LogP contribution in [0.5, 0.6) is 0 Å². The van der Waals surface area contributed by atoms with E-state index < -0.39 is 0 Å². The highest BCUT2D eigenvalue weighted by atomic mass is 16.1. The van der Waals surface area contributed by atoms with Gasteiger partial charge >= 0.3 is 0 Å². The van der Waals surface area contributed by atoms with Gasteiger partial charge in [-0.05, 0) is 42.7 Å². The third-order valence-corrected chi connectivity index (χ3v) is 5.10. The quantitative estimate of drug-likeness (QED) is 0.933. The monoisotopic (exact) mass is 313 g/mol. The molecule has 1 saturated carbocycles. The first-order valence-corrected chi connectivity index (χ1v) is 8.62. The Bertz CT molecular complexity index is 702. The van der Waals surface area contributed by atoms with E-state index in [2.05, 4.69) is 34.8 Å². The first-order valence-electron chi connectivity index (χ1n) is 8.62. The predicted octanol–water partition coefficient (Wildman–Crippen LogP) is 3.80. The molecular formula is C19H27N3O. The lowest BCUT2D eigenvalue weighted by Gasteiger charge is -2.34. The number of amides is 1. The van der Waals surface area contributed by atoms with Crippen molar-refractivity contribution in [1.82, 2.24) is 14.9 Å². The molecule has 1 aliphatic carbocycles. The van der Waals surface area contributed by atoms with E-state index in [-0.39, 0.29) is 5.91 Å². The molecule has 0 radical (unpaired) electrons. The first-order chi connectivity index (χ1) is 10.9. The molecule has 1 N–H and O–H groups in total.